The van der Waals surface area contributed by atoms with Gasteiger partial charge in [0.2, 0.25) is 5.88 Å². The van der Waals surface area contributed by atoms with Crippen LogP contribution in [0.25, 0.3) is 0 Å². The van der Waals surface area contributed by atoms with E-state index in [0.29, 0.717) is 0 Å². The highest BCUT2D eigenvalue weighted by Crippen LogP contribution is 2.19. The minimum absolute atomic E-state index is 0.0718. The maximum absolute atomic E-state index is 5.20. The van der Waals surface area contributed by atoms with Crippen molar-refractivity contribution in [3.05, 3.63) is 0 Å². The Morgan fingerprint density at radius 3 is 2.00 bits per heavy atom. The first kappa shape index (κ1) is 4.76. The molecule has 1 rings (SSSR count). The van der Waals surface area contributed by atoms with Crippen molar-refractivity contribution in [2.45, 2.75) is 0 Å². The van der Waals surface area contributed by atoms with Gasteiger partial charge in [-0.05, 0) is 0 Å². The molecule has 0 unspecified atom stereocenters. The SMILES string of the molecule is Nc1noc(N)c1N. The molecule has 0 fully saturated rings. The quantitative estimate of drug-likeness (QED) is 0.418. The highest BCUT2D eigenvalue weighted by Gasteiger charge is 2.03. The van der Waals surface area contributed by atoms with E-state index in [1.54, 1.807) is 0 Å². The minimum Gasteiger partial charge on any atom is -0.391 e. The van der Waals surface area contributed by atoms with Crippen LogP contribution in [0.1, 0.15) is 0 Å². The van der Waals surface area contributed by atoms with Crippen LogP contribution in [-0.4, -0.2) is 5.16 Å². The van der Waals surface area contributed by atoms with Crippen LogP contribution in [0.5, 0.6) is 0 Å². The lowest BCUT2D eigenvalue weighted by Crippen LogP contribution is -1.93. The van der Waals surface area contributed by atoms with Crippen LogP contribution < -0.4 is 17.2 Å². The molecule has 0 atom stereocenters. The van der Waals surface area contributed by atoms with Crippen LogP contribution in [0.15, 0.2) is 4.52 Å². The number of nitrogen functional groups attached to an aromatic ring is 3. The van der Waals surface area contributed by atoms with Gasteiger partial charge in [-0.15, -0.1) is 0 Å². The first-order valence-corrected chi connectivity index (χ1v) is 1.98. The molecule has 0 aliphatic carbocycles. The molecule has 0 radical (unpaired) electrons. The zero-order valence-electron chi connectivity index (χ0n) is 4.09. The van der Waals surface area contributed by atoms with Gasteiger partial charge in [0.05, 0.1) is 0 Å². The Balaban J connectivity index is 3.19. The second kappa shape index (κ2) is 1.29. The summed E-state index contributed by atoms with van der Waals surface area (Å²) in [5.41, 5.74) is 15.6. The topological polar surface area (TPSA) is 104 Å². The largest absolute Gasteiger partial charge is 0.391 e. The minimum atomic E-state index is 0.0718. The van der Waals surface area contributed by atoms with E-state index in [4.69, 9.17) is 17.2 Å². The molecule has 1 aromatic rings. The van der Waals surface area contributed by atoms with Crippen molar-refractivity contribution in [3.8, 4) is 0 Å². The van der Waals surface area contributed by atoms with Gasteiger partial charge >= 0.3 is 0 Å². The molecule has 0 aromatic carbocycles. The number of nitrogens with two attached hydrogens (primary N) is 3. The van der Waals surface area contributed by atoms with Crippen LogP contribution in [0.2, 0.25) is 0 Å². The van der Waals surface area contributed by atoms with E-state index < -0.39 is 0 Å². The van der Waals surface area contributed by atoms with Gasteiger partial charge in [0.1, 0.15) is 5.69 Å². The molecule has 0 saturated carbocycles. The van der Waals surface area contributed by atoms with Gasteiger partial charge in [-0.25, -0.2) is 0 Å². The van der Waals surface area contributed by atoms with Crippen LogP contribution in [0.3, 0.4) is 0 Å². The van der Waals surface area contributed by atoms with Crippen molar-refractivity contribution in [1.29, 1.82) is 0 Å². The predicted octanol–water partition coefficient (Wildman–Crippen LogP) is -0.579. The molecular formula is C3H6N4O. The van der Waals surface area contributed by atoms with Crippen LogP contribution in [0, 0.1) is 0 Å². The van der Waals surface area contributed by atoms with E-state index >= 15 is 0 Å². The van der Waals surface area contributed by atoms with E-state index in [2.05, 4.69) is 9.68 Å². The molecule has 5 heteroatoms. The standard InChI is InChI=1S/C3H6N4O/c4-1-2(5)7-8-3(1)6/h4,6H2,(H2,5,7). The molecule has 1 aromatic heterocycles. The summed E-state index contributed by atoms with van der Waals surface area (Å²) < 4.78 is 4.37. The Morgan fingerprint density at radius 2 is 1.88 bits per heavy atom. The Morgan fingerprint density at radius 1 is 1.25 bits per heavy atom. The summed E-state index contributed by atoms with van der Waals surface area (Å²) in [7, 11) is 0. The summed E-state index contributed by atoms with van der Waals surface area (Å²) in [6, 6.07) is 0. The Kier molecular flexibility index (Phi) is 0.768. The number of rotatable bonds is 0. The zero-order chi connectivity index (χ0) is 6.15. The summed E-state index contributed by atoms with van der Waals surface area (Å²) in [4.78, 5) is 0. The molecule has 8 heavy (non-hydrogen) atoms. The molecule has 0 spiro atoms. The number of anilines is 3. The maximum atomic E-state index is 5.20. The van der Waals surface area contributed by atoms with Gasteiger partial charge in [-0.3, -0.25) is 0 Å². The van der Waals surface area contributed by atoms with Crippen LogP contribution >= 0.6 is 0 Å². The molecule has 0 aliphatic rings. The van der Waals surface area contributed by atoms with Crippen molar-refractivity contribution < 1.29 is 4.52 Å². The fourth-order valence-corrected chi connectivity index (χ4v) is 0.323. The van der Waals surface area contributed by atoms with Gasteiger partial charge in [-0.2, -0.15) is 0 Å². The molecular weight excluding hydrogens is 108 g/mol. The zero-order valence-corrected chi connectivity index (χ0v) is 4.09. The summed E-state index contributed by atoms with van der Waals surface area (Å²) in [5.74, 6) is 0.213. The van der Waals surface area contributed by atoms with Crippen molar-refractivity contribution >= 4 is 17.4 Å². The number of aromatic nitrogens is 1. The average molecular weight is 114 g/mol. The second-order valence-corrected chi connectivity index (χ2v) is 1.35. The summed E-state index contributed by atoms with van der Waals surface area (Å²) in [6.45, 7) is 0. The lowest BCUT2D eigenvalue weighted by molar-refractivity contribution is 0.440. The van der Waals surface area contributed by atoms with E-state index in [1.165, 1.54) is 0 Å². The lowest BCUT2D eigenvalue weighted by atomic mass is 10.5. The normalized spacial score (nSPS) is 9.50. The first-order chi connectivity index (χ1) is 3.72. The van der Waals surface area contributed by atoms with Gasteiger partial charge in [-0.1, -0.05) is 5.16 Å². The lowest BCUT2D eigenvalue weighted by Gasteiger charge is -1.81. The molecule has 0 aliphatic heterocycles. The van der Waals surface area contributed by atoms with Gasteiger partial charge in [0.25, 0.3) is 0 Å². The van der Waals surface area contributed by atoms with E-state index in [0.717, 1.165) is 0 Å². The van der Waals surface area contributed by atoms with Gasteiger partial charge in [0, 0.05) is 0 Å². The van der Waals surface area contributed by atoms with Crippen molar-refractivity contribution in [2.24, 2.45) is 0 Å². The van der Waals surface area contributed by atoms with Crippen molar-refractivity contribution in [2.75, 3.05) is 17.2 Å². The third kappa shape index (κ3) is 0.446. The third-order valence-electron chi connectivity index (χ3n) is 0.784. The molecule has 0 amide bonds. The number of hydrogen-bond donors (Lipinski definition) is 3. The highest BCUT2D eigenvalue weighted by molar-refractivity contribution is 5.69. The second-order valence-electron chi connectivity index (χ2n) is 1.35. The molecule has 1 heterocycles. The van der Waals surface area contributed by atoms with Crippen molar-refractivity contribution in [3.63, 3.8) is 0 Å². The van der Waals surface area contributed by atoms with Crippen molar-refractivity contribution in [1.82, 2.24) is 5.16 Å². The van der Waals surface area contributed by atoms with Crippen LogP contribution in [-0.2, 0) is 0 Å². The average Bonchev–Trinajstić information content (AvgIpc) is 1.98. The molecule has 0 bridgehead atoms. The number of nitrogens with zero attached hydrogens (tertiary/aromatic N) is 1. The van der Waals surface area contributed by atoms with Gasteiger partial charge in [0.15, 0.2) is 5.82 Å². The Hall–Kier alpha value is -1.39. The fourth-order valence-electron chi connectivity index (χ4n) is 0.323. The monoisotopic (exact) mass is 114 g/mol. The molecule has 6 N–H and O–H groups in total. The third-order valence-corrected chi connectivity index (χ3v) is 0.784. The summed E-state index contributed by atoms with van der Waals surface area (Å²) >= 11 is 0. The molecule has 5 nitrogen and oxygen atoms in total. The smallest absolute Gasteiger partial charge is 0.247 e. The fraction of sp³-hybridized carbons (Fsp3) is 0. The van der Waals surface area contributed by atoms with E-state index in [-0.39, 0.29) is 17.4 Å². The molecule has 0 saturated heterocycles. The van der Waals surface area contributed by atoms with E-state index in [9.17, 15) is 0 Å². The Bertz CT molecular complexity index is 174. The number of hydrogen-bond acceptors (Lipinski definition) is 5. The van der Waals surface area contributed by atoms with Crippen LogP contribution in [0.4, 0.5) is 17.4 Å². The summed E-state index contributed by atoms with van der Waals surface area (Å²) in [5, 5.41) is 3.27. The summed E-state index contributed by atoms with van der Waals surface area (Å²) in [6.07, 6.45) is 0. The first-order valence-electron chi connectivity index (χ1n) is 1.98. The van der Waals surface area contributed by atoms with Gasteiger partial charge < -0.3 is 21.7 Å². The highest BCUT2D eigenvalue weighted by atomic mass is 16.5. The Labute approximate surface area is 45.4 Å². The predicted molar refractivity (Wildman–Crippen MR) is 29.7 cm³/mol. The van der Waals surface area contributed by atoms with E-state index in [1.807, 2.05) is 0 Å². The maximum Gasteiger partial charge on any atom is 0.247 e. The molecule has 44 valence electrons.